The second-order valence-electron chi connectivity index (χ2n) is 9.69. The summed E-state index contributed by atoms with van der Waals surface area (Å²) in [7, 11) is 0. The molecule has 0 saturated carbocycles. The predicted octanol–water partition coefficient (Wildman–Crippen LogP) is 5.11. The molecule has 5 heterocycles. The van der Waals surface area contributed by atoms with Gasteiger partial charge in [-0.15, -0.1) is 11.3 Å². The van der Waals surface area contributed by atoms with Crippen molar-refractivity contribution >= 4 is 34.0 Å². The van der Waals surface area contributed by atoms with Crippen molar-refractivity contribution in [1.29, 1.82) is 0 Å². The number of aromatic amines is 1. The van der Waals surface area contributed by atoms with Gasteiger partial charge >= 0.3 is 6.03 Å². The zero-order valence-electron chi connectivity index (χ0n) is 20.8. The minimum absolute atomic E-state index is 0.0237. The van der Waals surface area contributed by atoms with Gasteiger partial charge in [-0.1, -0.05) is 13.0 Å². The lowest BCUT2D eigenvalue weighted by Gasteiger charge is -2.34. The monoisotopic (exact) mass is 493 g/mol. The molecule has 1 saturated heterocycles. The normalized spacial score (nSPS) is 19.4. The Balaban J connectivity index is 1.38. The Hall–Kier alpha value is -2.68. The number of nitrogens with one attached hydrogen (secondary N) is 2. The van der Waals surface area contributed by atoms with E-state index in [0.29, 0.717) is 0 Å². The van der Waals surface area contributed by atoms with Gasteiger partial charge in [-0.3, -0.25) is 4.90 Å². The summed E-state index contributed by atoms with van der Waals surface area (Å²) in [6, 6.07) is 6.97. The van der Waals surface area contributed by atoms with Crippen molar-refractivity contribution in [2.45, 2.75) is 52.2 Å². The molecule has 0 aromatic carbocycles. The van der Waals surface area contributed by atoms with Crippen molar-refractivity contribution in [1.82, 2.24) is 25.1 Å². The molecule has 2 aliphatic heterocycles. The van der Waals surface area contributed by atoms with E-state index in [9.17, 15) is 4.79 Å². The zero-order chi connectivity index (χ0) is 24.4. The van der Waals surface area contributed by atoms with Crippen molar-refractivity contribution in [2.24, 2.45) is 0 Å². The van der Waals surface area contributed by atoms with E-state index in [0.717, 1.165) is 68.8 Å². The van der Waals surface area contributed by atoms with Crippen LogP contribution in [0.1, 0.15) is 44.1 Å². The highest BCUT2D eigenvalue weighted by Gasteiger charge is 2.27. The van der Waals surface area contributed by atoms with Gasteiger partial charge in [0.15, 0.2) is 0 Å². The van der Waals surface area contributed by atoms with Crippen LogP contribution >= 0.6 is 11.3 Å². The second-order valence-corrected chi connectivity index (χ2v) is 10.9. The van der Waals surface area contributed by atoms with Crippen molar-refractivity contribution < 1.29 is 9.53 Å². The average molecular weight is 494 g/mol. The van der Waals surface area contributed by atoms with E-state index in [1.807, 2.05) is 36.3 Å². The van der Waals surface area contributed by atoms with Crippen LogP contribution in [0.5, 0.6) is 0 Å². The van der Waals surface area contributed by atoms with Crippen LogP contribution in [-0.2, 0) is 11.3 Å². The second kappa shape index (κ2) is 10.5. The first-order valence-corrected chi connectivity index (χ1v) is 13.5. The SMILES string of the molecule is CCC1C=C(c2c[nH]c3ncc(-c4ccc(CN5CCOCC5)s4)cc23)CCN1C(=O)NC(C)C. The van der Waals surface area contributed by atoms with Crippen molar-refractivity contribution in [2.75, 3.05) is 32.8 Å². The summed E-state index contributed by atoms with van der Waals surface area (Å²) in [6.07, 6.45) is 8.03. The molecule has 0 aliphatic carbocycles. The standard InChI is InChI=1S/C27H35N5O2S/c1-4-21-13-19(7-8-32(21)27(33)30-18(2)3)24-16-29-26-23(24)14-20(15-28-26)25-6-5-22(35-25)17-31-9-11-34-12-10-31/h5-6,13-16,18,21H,4,7-12,17H2,1-3H3,(H,28,29)(H,30,33). The number of urea groups is 1. The van der Waals surface area contributed by atoms with Crippen molar-refractivity contribution in [3.05, 3.63) is 47.1 Å². The molecule has 8 heteroatoms. The maximum Gasteiger partial charge on any atom is 0.318 e. The number of fused-ring (bicyclic) bond motifs is 1. The van der Waals surface area contributed by atoms with Crippen LogP contribution in [0.2, 0.25) is 0 Å². The smallest absolute Gasteiger partial charge is 0.318 e. The number of carbonyl (C=O) groups is 1. The Morgan fingerprint density at radius 1 is 1.29 bits per heavy atom. The summed E-state index contributed by atoms with van der Waals surface area (Å²) in [6.45, 7) is 11.5. The molecule has 1 unspecified atom stereocenters. The number of pyridine rings is 1. The Bertz CT molecular complexity index is 1210. The van der Waals surface area contributed by atoms with E-state index >= 15 is 0 Å². The molecule has 0 bridgehead atoms. The molecule has 2 N–H and O–H groups in total. The number of amides is 2. The van der Waals surface area contributed by atoms with Gasteiger partial charge in [0.05, 0.1) is 19.3 Å². The summed E-state index contributed by atoms with van der Waals surface area (Å²) in [5, 5.41) is 4.19. The fraction of sp³-hybridized carbons (Fsp3) is 0.481. The molecule has 2 amide bonds. The van der Waals surface area contributed by atoms with Crippen LogP contribution < -0.4 is 5.32 Å². The van der Waals surface area contributed by atoms with Gasteiger partial charge in [-0.2, -0.15) is 0 Å². The number of aromatic nitrogens is 2. The Labute approximate surface area is 211 Å². The summed E-state index contributed by atoms with van der Waals surface area (Å²) in [5.41, 5.74) is 4.54. The van der Waals surface area contributed by atoms with Gasteiger partial charge in [-0.05, 0) is 50.5 Å². The molecule has 0 radical (unpaired) electrons. The highest BCUT2D eigenvalue weighted by molar-refractivity contribution is 7.15. The van der Waals surface area contributed by atoms with E-state index in [4.69, 9.17) is 9.72 Å². The summed E-state index contributed by atoms with van der Waals surface area (Å²) >= 11 is 1.85. The number of ether oxygens (including phenoxy) is 1. The highest BCUT2D eigenvalue weighted by atomic mass is 32.1. The van der Waals surface area contributed by atoms with E-state index < -0.39 is 0 Å². The molecule has 35 heavy (non-hydrogen) atoms. The molecule has 1 atom stereocenters. The van der Waals surface area contributed by atoms with Crippen molar-refractivity contribution in [3.63, 3.8) is 0 Å². The number of hydrogen-bond acceptors (Lipinski definition) is 5. The van der Waals surface area contributed by atoms with Gasteiger partial charge in [0, 0.05) is 70.9 Å². The molecule has 2 aliphatic rings. The van der Waals surface area contributed by atoms with Gasteiger partial charge in [0.1, 0.15) is 5.65 Å². The van der Waals surface area contributed by atoms with Crippen LogP contribution in [-0.4, -0.2) is 70.7 Å². The summed E-state index contributed by atoms with van der Waals surface area (Å²) < 4.78 is 5.48. The van der Waals surface area contributed by atoms with E-state index in [-0.39, 0.29) is 18.1 Å². The molecule has 1 fully saturated rings. The minimum atomic E-state index is 0.0237. The largest absolute Gasteiger partial charge is 0.379 e. The van der Waals surface area contributed by atoms with Crippen molar-refractivity contribution in [3.8, 4) is 10.4 Å². The number of morpholine rings is 1. The molecule has 7 nitrogen and oxygen atoms in total. The summed E-state index contributed by atoms with van der Waals surface area (Å²) in [4.78, 5) is 27.8. The van der Waals surface area contributed by atoms with Gasteiger partial charge < -0.3 is 19.9 Å². The fourth-order valence-electron chi connectivity index (χ4n) is 4.96. The maximum absolute atomic E-state index is 12.7. The number of carbonyl (C=O) groups excluding carboxylic acids is 1. The van der Waals surface area contributed by atoms with Crippen LogP contribution in [0.25, 0.3) is 27.0 Å². The first-order chi connectivity index (χ1) is 17.0. The Morgan fingerprint density at radius 3 is 2.89 bits per heavy atom. The number of rotatable bonds is 6. The topological polar surface area (TPSA) is 73.5 Å². The third kappa shape index (κ3) is 5.29. The number of hydrogen-bond donors (Lipinski definition) is 2. The van der Waals surface area contributed by atoms with E-state index in [1.165, 1.54) is 20.9 Å². The molecule has 3 aromatic rings. The van der Waals surface area contributed by atoms with Gasteiger partial charge in [-0.25, -0.2) is 9.78 Å². The van der Waals surface area contributed by atoms with Crippen LogP contribution in [0.4, 0.5) is 4.79 Å². The fourth-order valence-corrected chi connectivity index (χ4v) is 5.99. The zero-order valence-corrected chi connectivity index (χ0v) is 21.7. The molecule has 0 spiro atoms. The lowest BCUT2D eigenvalue weighted by molar-refractivity contribution is 0.0346. The minimum Gasteiger partial charge on any atom is -0.379 e. The number of nitrogens with zero attached hydrogens (tertiary/aromatic N) is 3. The third-order valence-electron chi connectivity index (χ3n) is 6.81. The van der Waals surface area contributed by atoms with Gasteiger partial charge in [0.2, 0.25) is 0 Å². The number of H-pyrrole nitrogens is 1. The van der Waals surface area contributed by atoms with Crippen LogP contribution in [0.15, 0.2) is 36.7 Å². The molecular formula is C27H35N5O2S. The van der Waals surface area contributed by atoms with Crippen LogP contribution in [0.3, 0.4) is 0 Å². The van der Waals surface area contributed by atoms with Crippen LogP contribution in [0, 0.1) is 0 Å². The molecular weight excluding hydrogens is 458 g/mol. The van der Waals surface area contributed by atoms with Gasteiger partial charge in [0.25, 0.3) is 0 Å². The Kier molecular flexibility index (Phi) is 7.22. The molecule has 186 valence electrons. The Morgan fingerprint density at radius 2 is 2.11 bits per heavy atom. The maximum atomic E-state index is 12.7. The first-order valence-electron chi connectivity index (χ1n) is 12.7. The lowest BCUT2D eigenvalue weighted by Crippen LogP contribution is -2.49. The molecule has 3 aromatic heterocycles. The quantitative estimate of drug-likeness (QED) is 0.501. The number of thiophene rings is 1. The highest BCUT2D eigenvalue weighted by Crippen LogP contribution is 2.35. The summed E-state index contributed by atoms with van der Waals surface area (Å²) in [5.74, 6) is 0. The lowest BCUT2D eigenvalue weighted by atomic mass is 9.94. The van der Waals surface area contributed by atoms with E-state index in [1.54, 1.807) is 0 Å². The molecule has 5 rings (SSSR count). The average Bonchev–Trinajstić information content (AvgIpc) is 3.50. The third-order valence-corrected chi connectivity index (χ3v) is 7.93. The first kappa shape index (κ1) is 24.0. The predicted molar refractivity (Wildman–Crippen MR) is 143 cm³/mol. The van der Waals surface area contributed by atoms with E-state index in [2.05, 4.69) is 52.6 Å².